The number of carbonyl (C=O) groups excluding carboxylic acids is 2. The molecule has 2 fully saturated rings. The second-order valence-electron chi connectivity index (χ2n) is 8.53. The maximum Gasteiger partial charge on any atom is 0.317 e. The zero-order valence-corrected chi connectivity index (χ0v) is 19.0. The highest BCUT2D eigenvalue weighted by molar-refractivity contribution is 5.75. The van der Waals surface area contributed by atoms with Crippen LogP contribution < -0.4 is 10.2 Å². The van der Waals surface area contributed by atoms with Gasteiger partial charge < -0.3 is 19.9 Å². The second-order valence-corrected chi connectivity index (χ2v) is 8.53. The minimum Gasteiger partial charge on any atom is -0.466 e. The first-order chi connectivity index (χ1) is 15.6. The fraction of sp³-hybridized carbons (Fsp3) is 0.682. The molecular formula is C22H33N7O3. The van der Waals surface area contributed by atoms with Crippen LogP contribution in [0.5, 0.6) is 0 Å². The van der Waals surface area contributed by atoms with E-state index in [9.17, 15) is 9.59 Å². The lowest BCUT2D eigenvalue weighted by molar-refractivity contribution is -0.143. The van der Waals surface area contributed by atoms with Crippen LogP contribution in [0.2, 0.25) is 0 Å². The molecule has 1 aliphatic carbocycles. The number of rotatable bonds is 6. The van der Waals surface area contributed by atoms with Crippen molar-refractivity contribution in [3.8, 4) is 0 Å². The fourth-order valence-corrected chi connectivity index (χ4v) is 4.68. The number of urea groups is 1. The lowest BCUT2D eigenvalue weighted by Crippen LogP contribution is -2.54. The van der Waals surface area contributed by atoms with Crippen LogP contribution in [0.25, 0.3) is 5.78 Å². The molecule has 1 saturated carbocycles. The lowest BCUT2D eigenvalue weighted by Gasteiger charge is -2.37. The highest BCUT2D eigenvalue weighted by atomic mass is 16.5. The third-order valence-electron chi connectivity index (χ3n) is 6.39. The summed E-state index contributed by atoms with van der Waals surface area (Å²) in [6.07, 6.45) is 8.12. The van der Waals surface area contributed by atoms with Crippen LogP contribution in [-0.2, 0) is 16.0 Å². The molecule has 1 aliphatic heterocycles. The minimum atomic E-state index is -0.222. The van der Waals surface area contributed by atoms with Crippen LogP contribution in [-0.4, -0.2) is 75.3 Å². The van der Waals surface area contributed by atoms with Gasteiger partial charge in [-0.1, -0.05) is 19.3 Å². The number of anilines is 1. The average Bonchev–Trinajstić information content (AvgIpc) is 3.26. The molecule has 10 heteroatoms. The van der Waals surface area contributed by atoms with E-state index in [0.29, 0.717) is 51.0 Å². The Morgan fingerprint density at radius 3 is 2.62 bits per heavy atom. The number of carbonyl (C=O) groups is 2. The molecular weight excluding hydrogens is 410 g/mol. The van der Waals surface area contributed by atoms with Gasteiger partial charge in [0.1, 0.15) is 12.1 Å². The summed E-state index contributed by atoms with van der Waals surface area (Å²) in [5.74, 6) is 1.22. The van der Waals surface area contributed by atoms with Crippen molar-refractivity contribution in [2.75, 3.05) is 37.7 Å². The number of esters is 1. The smallest absolute Gasteiger partial charge is 0.317 e. The molecule has 0 unspecified atom stereocenters. The molecule has 10 nitrogen and oxygen atoms in total. The number of hydrogen-bond acceptors (Lipinski definition) is 7. The van der Waals surface area contributed by atoms with Gasteiger partial charge in [-0.2, -0.15) is 14.6 Å². The minimum absolute atomic E-state index is 0.0379. The van der Waals surface area contributed by atoms with Crippen molar-refractivity contribution in [2.45, 2.75) is 64.8 Å². The van der Waals surface area contributed by atoms with Crippen molar-refractivity contribution in [2.24, 2.45) is 0 Å². The van der Waals surface area contributed by atoms with Gasteiger partial charge >= 0.3 is 12.0 Å². The number of ether oxygens (including phenoxy) is 1. The standard InChI is InChI=1S/C22H33N7O3/c1-3-32-19(30)10-9-18-16(2)25-21-23-15-24-29(21)20(18)27-11-13-28(14-12-27)22(31)26-17-7-5-4-6-8-17/h15,17H,3-14H2,1-2H3,(H,26,31). The van der Waals surface area contributed by atoms with Crippen LogP contribution in [0.15, 0.2) is 6.33 Å². The van der Waals surface area contributed by atoms with Gasteiger partial charge in [0.15, 0.2) is 0 Å². The molecule has 0 atom stereocenters. The Morgan fingerprint density at radius 1 is 1.16 bits per heavy atom. The van der Waals surface area contributed by atoms with E-state index in [1.54, 1.807) is 4.52 Å². The van der Waals surface area contributed by atoms with Crippen LogP contribution in [0.1, 0.15) is 56.7 Å². The Balaban J connectivity index is 1.47. The molecule has 2 amide bonds. The van der Waals surface area contributed by atoms with E-state index in [2.05, 4.69) is 25.3 Å². The first kappa shape index (κ1) is 22.3. The quantitative estimate of drug-likeness (QED) is 0.682. The molecule has 174 valence electrons. The molecule has 4 rings (SSSR count). The predicted octanol–water partition coefficient (Wildman–Crippen LogP) is 2.09. The van der Waals surface area contributed by atoms with Gasteiger partial charge in [0.2, 0.25) is 0 Å². The first-order valence-electron chi connectivity index (χ1n) is 11.7. The number of aryl methyl sites for hydroxylation is 1. The SMILES string of the molecule is CCOC(=O)CCc1c(C)nc2ncnn2c1N1CCN(C(=O)NC2CCCCC2)CC1. The Kier molecular flexibility index (Phi) is 7.06. The van der Waals surface area contributed by atoms with E-state index in [0.717, 1.165) is 29.9 Å². The van der Waals surface area contributed by atoms with Gasteiger partial charge in [-0.25, -0.2) is 9.78 Å². The molecule has 0 spiro atoms. The molecule has 32 heavy (non-hydrogen) atoms. The van der Waals surface area contributed by atoms with Gasteiger partial charge in [0, 0.05) is 49.9 Å². The maximum atomic E-state index is 12.7. The van der Waals surface area contributed by atoms with Crippen LogP contribution in [0, 0.1) is 6.92 Å². The zero-order valence-electron chi connectivity index (χ0n) is 19.0. The number of fused-ring (bicyclic) bond motifs is 1. The van der Waals surface area contributed by atoms with Crippen LogP contribution in [0.3, 0.4) is 0 Å². The highest BCUT2D eigenvalue weighted by Gasteiger charge is 2.27. The van der Waals surface area contributed by atoms with Gasteiger partial charge in [0.05, 0.1) is 6.61 Å². The summed E-state index contributed by atoms with van der Waals surface area (Å²) in [4.78, 5) is 37.7. The van der Waals surface area contributed by atoms with Gasteiger partial charge in [-0.05, 0) is 33.1 Å². The first-order valence-corrected chi connectivity index (χ1v) is 11.7. The highest BCUT2D eigenvalue weighted by Crippen LogP contribution is 2.26. The summed E-state index contributed by atoms with van der Waals surface area (Å²) in [6, 6.07) is 0.345. The Bertz CT molecular complexity index is 946. The molecule has 0 aromatic carbocycles. The Morgan fingerprint density at radius 2 is 1.91 bits per heavy atom. The normalized spacial score (nSPS) is 17.6. The molecule has 0 radical (unpaired) electrons. The fourth-order valence-electron chi connectivity index (χ4n) is 4.68. The third-order valence-corrected chi connectivity index (χ3v) is 6.39. The van der Waals surface area contributed by atoms with Gasteiger partial charge in [-0.15, -0.1) is 0 Å². The maximum absolute atomic E-state index is 12.7. The third kappa shape index (κ3) is 4.94. The summed E-state index contributed by atoms with van der Waals surface area (Å²) in [5.41, 5.74) is 1.80. The summed E-state index contributed by atoms with van der Waals surface area (Å²) in [7, 11) is 0. The van der Waals surface area contributed by atoms with Crippen molar-refractivity contribution in [1.29, 1.82) is 0 Å². The van der Waals surface area contributed by atoms with Crippen molar-refractivity contribution in [3.05, 3.63) is 17.6 Å². The summed E-state index contributed by atoms with van der Waals surface area (Å²) >= 11 is 0. The van der Waals surface area contributed by atoms with E-state index in [-0.39, 0.29) is 18.4 Å². The monoisotopic (exact) mass is 443 g/mol. The number of aromatic nitrogens is 4. The molecule has 2 aliphatic rings. The predicted molar refractivity (Wildman–Crippen MR) is 120 cm³/mol. The number of amides is 2. The largest absolute Gasteiger partial charge is 0.466 e. The number of hydrogen-bond donors (Lipinski definition) is 1. The summed E-state index contributed by atoms with van der Waals surface area (Å²) < 4.78 is 6.85. The van der Waals surface area contributed by atoms with E-state index in [4.69, 9.17) is 4.74 Å². The van der Waals surface area contributed by atoms with E-state index in [1.165, 1.54) is 25.6 Å². The van der Waals surface area contributed by atoms with Crippen molar-refractivity contribution >= 4 is 23.6 Å². The van der Waals surface area contributed by atoms with Crippen molar-refractivity contribution in [1.82, 2.24) is 29.8 Å². The Labute approximate surface area is 188 Å². The van der Waals surface area contributed by atoms with E-state index in [1.807, 2.05) is 18.7 Å². The van der Waals surface area contributed by atoms with Gasteiger partial charge in [0.25, 0.3) is 5.78 Å². The molecule has 1 saturated heterocycles. The van der Waals surface area contributed by atoms with Crippen molar-refractivity contribution in [3.63, 3.8) is 0 Å². The number of piperazine rings is 1. The summed E-state index contributed by atoms with van der Waals surface area (Å²) in [6.45, 7) is 6.75. The molecule has 3 heterocycles. The molecule has 2 aromatic heterocycles. The van der Waals surface area contributed by atoms with Crippen LogP contribution >= 0.6 is 0 Å². The van der Waals surface area contributed by atoms with E-state index < -0.39 is 0 Å². The number of nitrogens with zero attached hydrogens (tertiary/aromatic N) is 6. The Hall–Kier alpha value is -2.91. The van der Waals surface area contributed by atoms with Gasteiger partial charge in [-0.3, -0.25) is 4.79 Å². The molecule has 1 N–H and O–H groups in total. The van der Waals surface area contributed by atoms with E-state index >= 15 is 0 Å². The average molecular weight is 444 g/mol. The lowest BCUT2D eigenvalue weighted by atomic mass is 9.96. The second kappa shape index (κ2) is 10.1. The number of nitrogens with one attached hydrogen (secondary N) is 1. The van der Waals surface area contributed by atoms with Crippen molar-refractivity contribution < 1.29 is 14.3 Å². The molecule has 0 bridgehead atoms. The zero-order chi connectivity index (χ0) is 22.5. The van der Waals surface area contributed by atoms with Crippen LogP contribution in [0.4, 0.5) is 10.6 Å². The summed E-state index contributed by atoms with van der Waals surface area (Å²) in [5, 5.41) is 7.60. The molecule has 2 aromatic rings. The topological polar surface area (TPSA) is 105 Å².